The number of aromatic amines is 1. The summed E-state index contributed by atoms with van der Waals surface area (Å²) in [6, 6.07) is 8.30. The van der Waals surface area contributed by atoms with Crippen molar-refractivity contribution in [2.45, 2.75) is 20.0 Å². The first-order chi connectivity index (χ1) is 8.71. The van der Waals surface area contributed by atoms with Crippen LogP contribution in [0, 0.1) is 0 Å². The van der Waals surface area contributed by atoms with Gasteiger partial charge in [-0.2, -0.15) is 4.98 Å². The summed E-state index contributed by atoms with van der Waals surface area (Å²) in [6.07, 6.45) is 0.628. The molecule has 0 saturated heterocycles. The van der Waals surface area contributed by atoms with Gasteiger partial charge in [0.25, 0.3) is 5.56 Å². The molecule has 0 aliphatic heterocycles. The van der Waals surface area contributed by atoms with Crippen molar-refractivity contribution in [3.63, 3.8) is 0 Å². The Labute approximate surface area is 104 Å². The van der Waals surface area contributed by atoms with Crippen molar-refractivity contribution in [3.05, 3.63) is 52.1 Å². The molecule has 0 atom stereocenters. The first-order valence-corrected chi connectivity index (χ1v) is 5.69. The highest BCUT2D eigenvalue weighted by molar-refractivity contribution is 5.31. The van der Waals surface area contributed by atoms with Gasteiger partial charge in [-0.1, -0.05) is 19.1 Å². The molecule has 18 heavy (non-hydrogen) atoms. The predicted octanol–water partition coefficient (Wildman–Crippen LogP) is 1.62. The molecule has 1 aromatic heterocycles. The number of aliphatic hydroxyl groups excluding tert-OH is 1. The second-order valence-electron chi connectivity index (χ2n) is 3.79. The van der Waals surface area contributed by atoms with Gasteiger partial charge in [-0.25, -0.2) is 0 Å². The molecule has 0 bridgehead atoms. The molecule has 5 heteroatoms. The molecule has 0 saturated carbocycles. The summed E-state index contributed by atoms with van der Waals surface area (Å²) < 4.78 is 5.50. The highest BCUT2D eigenvalue weighted by atomic mass is 16.5. The third kappa shape index (κ3) is 2.95. The number of hydrogen-bond acceptors (Lipinski definition) is 4. The SMILES string of the molecule is CCc1nc(Oc2cccc(CO)c2)cc(=O)[nH]1. The van der Waals surface area contributed by atoms with Gasteiger partial charge in [0, 0.05) is 6.42 Å². The van der Waals surface area contributed by atoms with Crippen LogP contribution in [0.5, 0.6) is 11.6 Å². The van der Waals surface area contributed by atoms with Crippen molar-refractivity contribution in [1.29, 1.82) is 0 Å². The maximum Gasteiger partial charge on any atom is 0.254 e. The number of aryl methyl sites for hydroxylation is 1. The summed E-state index contributed by atoms with van der Waals surface area (Å²) in [6.45, 7) is 1.84. The topological polar surface area (TPSA) is 75.2 Å². The minimum atomic E-state index is -0.241. The summed E-state index contributed by atoms with van der Waals surface area (Å²) in [5.41, 5.74) is 0.503. The van der Waals surface area contributed by atoms with Gasteiger partial charge in [0.2, 0.25) is 5.88 Å². The average molecular weight is 246 g/mol. The minimum Gasteiger partial charge on any atom is -0.439 e. The largest absolute Gasteiger partial charge is 0.439 e. The zero-order valence-corrected chi connectivity index (χ0v) is 10.0. The van der Waals surface area contributed by atoms with Gasteiger partial charge >= 0.3 is 0 Å². The fourth-order valence-electron chi connectivity index (χ4n) is 1.53. The van der Waals surface area contributed by atoms with Crippen LogP contribution < -0.4 is 10.3 Å². The maximum absolute atomic E-state index is 11.4. The van der Waals surface area contributed by atoms with E-state index in [4.69, 9.17) is 9.84 Å². The Balaban J connectivity index is 2.27. The minimum absolute atomic E-state index is 0.0553. The Kier molecular flexibility index (Phi) is 3.74. The van der Waals surface area contributed by atoms with E-state index in [1.165, 1.54) is 6.07 Å². The molecule has 2 N–H and O–H groups in total. The zero-order valence-electron chi connectivity index (χ0n) is 10.0. The standard InChI is InChI=1S/C13H14N2O3/c1-2-11-14-12(17)7-13(15-11)18-10-5-3-4-9(6-10)8-16/h3-7,16H,2,8H2,1H3,(H,14,15,17). The Bertz CT molecular complexity index is 593. The van der Waals surface area contributed by atoms with Crippen molar-refractivity contribution >= 4 is 0 Å². The lowest BCUT2D eigenvalue weighted by atomic mass is 10.2. The fraction of sp³-hybridized carbons (Fsp3) is 0.231. The molecule has 0 aliphatic carbocycles. The normalized spacial score (nSPS) is 10.3. The molecule has 0 aliphatic rings. The number of hydrogen-bond donors (Lipinski definition) is 2. The van der Waals surface area contributed by atoms with Crippen LogP contribution in [0.2, 0.25) is 0 Å². The lowest BCUT2D eigenvalue weighted by molar-refractivity contribution is 0.281. The summed E-state index contributed by atoms with van der Waals surface area (Å²) in [5.74, 6) is 1.38. The molecule has 2 rings (SSSR count). The van der Waals surface area contributed by atoms with E-state index in [0.717, 1.165) is 5.56 Å². The van der Waals surface area contributed by atoms with Gasteiger partial charge in [-0.3, -0.25) is 4.79 Å². The number of rotatable bonds is 4. The van der Waals surface area contributed by atoms with Crippen molar-refractivity contribution in [2.75, 3.05) is 0 Å². The predicted molar refractivity (Wildman–Crippen MR) is 66.7 cm³/mol. The number of aromatic nitrogens is 2. The molecule has 1 heterocycles. The summed E-state index contributed by atoms with van der Waals surface area (Å²) in [4.78, 5) is 18.1. The van der Waals surface area contributed by atoms with Gasteiger partial charge in [-0.05, 0) is 17.7 Å². The van der Waals surface area contributed by atoms with Crippen LogP contribution in [0.1, 0.15) is 18.3 Å². The molecule has 0 fully saturated rings. The van der Waals surface area contributed by atoms with Gasteiger partial charge in [-0.15, -0.1) is 0 Å². The molecule has 0 spiro atoms. The lowest BCUT2D eigenvalue weighted by Gasteiger charge is -2.06. The number of ether oxygens (including phenoxy) is 1. The Morgan fingerprint density at radius 3 is 2.94 bits per heavy atom. The van der Waals surface area contributed by atoms with Crippen molar-refractivity contribution < 1.29 is 9.84 Å². The van der Waals surface area contributed by atoms with E-state index >= 15 is 0 Å². The van der Waals surface area contributed by atoms with E-state index in [9.17, 15) is 4.79 Å². The van der Waals surface area contributed by atoms with Crippen LogP contribution in [0.25, 0.3) is 0 Å². The first kappa shape index (κ1) is 12.3. The smallest absolute Gasteiger partial charge is 0.254 e. The van der Waals surface area contributed by atoms with Gasteiger partial charge in [0.15, 0.2) is 0 Å². The second-order valence-corrected chi connectivity index (χ2v) is 3.79. The van der Waals surface area contributed by atoms with Crippen LogP contribution in [-0.2, 0) is 13.0 Å². The van der Waals surface area contributed by atoms with Crippen molar-refractivity contribution in [1.82, 2.24) is 9.97 Å². The van der Waals surface area contributed by atoms with Crippen LogP contribution in [0.3, 0.4) is 0 Å². The zero-order chi connectivity index (χ0) is 13.0. The quantitative estimate of drug-likeness (QED) is 0.859. The van der Waals surface area contributed by atoms with Crippen molar-refractivity contribution in [3.8, 4) is 11.6 Å². The van der Waals surface area contributed by atoms with Crippen LogP contribution in [0.15, 0.2) is 35.1 Å². The molecular weight excluding hydrogens is 232 g/mol. The number of nitrogens with zero attached hydrogens (tertiary/aromatic N) is 1. The Morgan fingerprint density at radius 2 is 2.22 bits per heavy atom. The van der Waals surface area contributed by atoms with E-state index in [0.29, 0.717) is 18.0 Å². The number of H-pyrrole nitrogens is 1. The van der Waals surface area contributed by atoms with Gasteiger partial charge in [0.1, 0.15) is 11.6 Å². The molecule has 0 unspecified atom stereocenters. The summed E-state index contributed by atoms with van der Waals surface area (Å²) in [5, 5.41) is 9.03. The second kappa shape index (κ2) is 5.46. The highest BCUT2D eigenvalue weighted by Gasteiger charge is 2.03. The molecule has 2 aromatic rings. The molecule has 0 radical (unpaired) electrons. The molecular formula is C13H14N2O3. The van der Waals surface area contributed by atoms with Crippen LogP contribution >= 0.6 is 0 Å². The number of benzene rings is 1. The van der Waals surface area contributed by atoms with Crippen molar-refractivity contribution in [2.24, 2.45) is 0 Å². The van der Waals surface area contributed by atoms with E-state index in [2.05, 4.69) is 9.97 Å². The number of nitrogens with one attached hydrogen (secondary N) is 1. The third-order valence-electron chi connectivity index (χ3n) is 2.41. The monoisotopic (exact) mass is 246 g/mol. The van der Waals surface area contributed by atoms with Gasteiger partial charge in [0.05, 0.1) is 12.7 Å². The molecule has 1 aromatic carbocycles. The first-order valence-electron chi connectivity index (χ1n) is 5.69. The molecule has 0 amide bonds. The lowest BCUT2D eigenvalue weighted by Crippen LogP contribution is -2.10. The fourth-order valence-corrected chi connectivity index (χ4v) is 1.53. The highest BCUT2D eigenvalue weighted by Crippen LogP contribution is 2.19. The summed E-state index contributed by atoms with van der Waals surface area (Å²) in [7, 11) is 0. The van der Waals surface area contributed by atoms with Crippen LogP contribution in [-0.4, -0.2) is 15.1 Å². The van der Waals surface area contributed by atoms with E-state index in [1.807, 2.05) is 6.92 Å². The number of aliphatic hydroxyl groups is 1. The van der Waals surface area contributed by atoms with Gasteiger partial charge < -0.3 is 14.8 Å². The summed E-state index contributed by atoms with van der Waals surface area (Å²) >= 11 is 0. The average Bonchev–Trinajstić information content (AvgIpc) is 2.38. The van der Waals surface area contributed by atoms with Crippen LogP contribution in [0.4, 0.5) is 0 Å². The van der Waals surface area contributed by atoms with E-state index < -0.39 is 0 Å². The third-order valence-corrected chi connectivity index (χ3v) is 2.41. The van der Waals surface area contributed by atoms with E-state index in [1.54, 1.807) is 24.3 Å². The Morgan fingerprint density at radius 1 is 1.39 bits per heavy atom. The maximum atomic E-state index is 11.4. The molecule has 5 nitrogen and oxygen atoms in total. The van der Waals surface area contributed by atoms with E-state index in [-0.39, 0.29) is 18.0 Å². The molecule has 94 valence electrons. The Hall–Kier alpha value is -2.14.